The molecule has 5 nitrogen and oxygen atoms in total. The minimum atomic E-state index is -0.115. The molecule has 2 heterocycles. The van der Waals surface area contributed by atoms with E-state index >= 15 is 0 Å². The van der Waals surface area contributed by atoms with E-state index in [-0.39, 0.29) is 5.91 Å². The van der Waals surface area contributed by atoms with E-state index in [1.54, 1.807) is 32.7 Å². The lowest BCUT2D eigenvalue weighted by atomic mass is 10.2. The van der Waals surface area contributed by atoms with E-state index in [4.69, 9.17) is 0 Å². The molecule has 0 aliphatic rings. The second-order valence-electron chi connectivity index (χ2n) is 4.70. The van der Waals surface area contributed by atoms with Gasteiger partial charge in [-0.2, -0.15) is 0 Å². The van der Waals surface area contributed by atoms with Gasteiger partial charge in [-0.15, -0.1) is 0 Å². The molecule has 0 bridgehead atoms. The fourth-order valence-electron chi connectivity index (χ4n) is 2.08. The molecule has 0 aliphatic heterocycles. The summed E-state index contributed by atoms with van der Waals surface area (Å²) in [6, 6.07) is 11.5. The molecular formula is C15H14N4O. The first-order valence-corrected chi connectivity index (χ1v) is 6.27. The number of carbonyl (C=O) groups excluding carboxylic acids is 1. The van der Waals surface area contributed by atoms with Gasteiger partial charge < -0.3 is 4.90 Å². The van der Waals surface area contributed by atoms with Crippen molar-refractivity contribution in [1.82, 2.24) is 19.4 Å². The van der Waals surface area contributed by atoms with Crippen LogP contribution in [0, 0.1) is 0 Å². The number of para-hydroxylation sites is 2. The van der Waals surface area contributed by atoms with E-state index in [2.05, 4.69) is 9.97 Å². The quantitative estimate of drug-likeness (QED) is 0.714. The van der Waals surface area contributed by atoms with E-state index in [0.29, 0.717) is 5.69 Å². The van der Waals surface area contributed by atoms with Crippen molar-refractivity contribution >= 4 is 16.9 Å². The predicted octanol–water partition coefficient (Wildman–Crippen LogP) is 2.12. The molecule has 0 atom stereocenters. The second-order valence-corrected chi connectivity index (χ2v) is 4.70. The van der Waals surface area contributed by atoms with Gasteiger partial charge in [0.25, 0.3) is 5.91 Å². The van der Waals surface area contributed by atoms with Crippen LogP contribution in [0.4, 0.5) is 0 Å². The van der Waals surface area contributed by atoms with E-state index in [0.717, 1.165) is 16.7 Å². The molecule has 2 aromatic heterocycles. The molecule has 0 saturated heterocycles. The fourth-order valence-corrected chi connectivity index (χ4v) is 2.08. The average Bonchev–Trinajstić information content (AvgIpc) is 2.90. The van der Waals surface area contributed by atoms with Gasteiger partial charge in [-0.05, 0) is 24.3 Å². The third-order valence-corrected chi connectivity index (χ3v) is 3.10. The normalized spacial score (nSPS) is 10.7. The number of carbonyl (C=O) groups is 1. The molecule has 1 amide bonds. The molecule has 0 spiro atoms. The van der Waals surface area contributed by atoms with Crippen molar-refractivity contribution in [2.24, 2.45) is 0 Å². The summed E-state index contributed by atoms with van der Waals surface area (Å²) in [5.74, 6) is -0.115. The molecule has 0 aliphatic carbocycles. The van der Waals surface area contributed by atoms with Crippen molar-refractivity contribution in [1.29, 1.82) is 0 Å². The zero-order chi connectivity index (χ0) is 14.1. The Morgan fingerprint density at radius 3 is 2.75 bits per heavy atom. The fraction of sp³-hybridized carbons (Fsp3) is 0.133. The third kappa shape index (κ3) is 2.03. The van der Waals surface area contributed by atoms with Gasteiger partial charge in [0.15, 0.2) is 0 Å². The first-order valence-electron chi connectivity index (χ1n) is 6.27. The maximum atomic E-state index is 12.0. The highest BCUT2D eigenvalue weighted by atomic mass is 16.2. The number of hydrogen-bond acceptors (Lipinski definition) is 3. The lowest BCUT2D eigenvalue weighted by molar-refractivity contribution is 0.0822. The second kappa shape index (κ2) is 4.77. The van der Waals surface area contributed by atoms with Crippen LogP contribution in [0.25, 0.3) is 16.7 Å². The zero-order valence-corrected chi connectivity index (χ0v) is 11.3. The zero-order valence-electron chi connectivity index (χ0n) is 11.3. The van der Waals surface area contributed by atoms with Crippen LogP contribution >= 0.6 is 0 Å². The number of nitrogens with zero attached hydrogens (tertiary/aromatic N) is 4. The van der Waals surface area contributed by atoms with Crippen LogP contribution in [0.5, 0.6) is 0 Å². The first kappa shape index (κ1) is 12.3. The summed E-state index contributed by atoms with van der Waals surface area (Å²) in [6.07, 6.45) is 3.39. The minimum absolute atomic E-state index is 0.115. The van der Waals surface area contributed by atoms with Crippen LogP contribution in [0.15, 0.2) is 48.9 Å². The highest BCUT2D eigenvalue weighted by Crippen LogP contribution is 2.18. The van der Waals surface area contributed by atoms with Gasteiger partial charge >= 0.3 is 0 Å². The monoisotopic (exact) mass is 266 g/mol. The number of pyridine rings is 1. The van der Waals surface area contributed by atoms with Gasteiger partial charge in [0.05, 0.1) is 16.7 Å². The Hall–Kier alpha value is -2.69. The summed E-state index contributed by atoms with van der Waals surface area (Å²) < 4.78 is 1.95. The smallest absolute Gasteiger partial charge is 0.272 e. The van der Waals surface area contributed by atoms with Crippen LogP contribution in [0.3, 0.4) is 0 Å². The Morgan fingerprint density at radius 2 is 1.95 bits per heavy atom. The topological polar surface area (TPSA) is 51.0 Å². The van der Waals surface area contributed by atoms with Crippen LogP contribution < -0.4 is 0 Å². The maximum absolute atomic E-state index is 12.0. The summed E-state index contributed by atoms with van der Waals surface area (Å²) >= 11 is 0. The molecule has 100 valence electrons. The van der Waals surface area contributed by atoms with Gasteiger partial charge in [-0.3, -0.25) is 14.3 Å². The van der Waals surface area contributed by atoms with Crippen molar-refractivity contribution in [3.8, 4) is 5.69 Å². The van der Waals surface area contributed by atoms with E-state index in [9.17, 15) is 4.79 Å². The Morgan fingerprint density at radius 1 is 1.15 bits per heavy atom. The molecule has 0 radical (unpaired) electrons. The van der Waals surface area contributed by atoms with Crippen LogP contribution in [0.1, 0.15) is 10.5 Å². The molecule has 0 fully saturated rings. The third-order valence-electron chi connectivity index (χ3n) is 3.10. The van der Waals surface area contributed by atoms with Crippen molar-refractivity contribution < 1.29 is 4.79 Å². The number of rotatable bonds is 2. The molecule has 0 unspecified atom stereocenters. The number of imidazole rings is 1. The summed E-state index contributed by atoms with van der Waals surface area (Å²) in [5, 5.41) is 0. The molecule has 20 heavy (non-hydrogen) atoms. The van der Waals surface area contributed by atoms with Crippen LogP contribution in [-0.2, 0) is 0 Å². The van der Waals surface area contributed by atoms with Crippen molar-refractivity contribution in [3.63, 3.8) is 0 Å². The lowest BCUT2D eigenvalue weighted by Gasteiger charge is -2.10. The Bertz CT molecular complexity index is 776. The largest absolute Gasteiger partial charge is 0.343 e. The summed E-state index contributed by atoms with van der Waals surface area (Å²) in [5.41, 5.74) is 3.22. The summed E-state index contributed by atoms with van der Waals surface area (Å²) in [7, 11) is 3.42. The van der Waals surface area contributed by atoms with Crippen molar-refractivity contribution in [3.05, 3.63) is 54.6 Å². The number of hydrogen-bond donors (Lipinski definition) is 0. The van der Waals surface area contributed by atoms with Gasteiger partial charge in [0, 0.05) is 20.3 Å². The van der Waals surface area contributed by atoms with Crippen molar-refractivity contribution in [2.75, 3.05) is 14.1 Å². The molecular weight excluding hydrogens is 252 g/mol. The van der Waals surface area contributed by atoms with Crippen molar-refractivity contribution in [2.45, 2.75) is 0 Å². The lowest BCUT2D eigenvalue weighted by Crippen LogP contribution is -2.22. The summed E-state index contributed by atoms with van der Waals surface area (Å²) in [6.45, 7) is 0. The molecule has 0 saturated carbocycles. The Balaban J connectivity index is 2.11. The van der Waals surface area contributed by atoms with Gasteiger partial charge in [-0.25, -0.2) is 4.98 Å². The molecule has 5 heteroatoms. The number of fused-ring (bicyclic) bond motifs is 1. The minimum Gasteiger partial charge on any atom is -0.343 e. The van der Waals surface area contributed by atoms with Gasteiger partial charge in [-0.1, -0.05) is 12.1 Å². The molecule has 0 N–H and O–H groups in total. The highest BCUT2D eigenvalue weighted by molar-refractivity contribution is 5.92. The SMILES string of the molecule is CN(C)C(=O)c1cc(-n2cnc3ccccc32)ccn1. The number of benzene rings is 1. The molecule has 1 aromatic carbocycles. The van der Waals surface area contributed by atoms with Crippen LogP contribution in [-0.4, -0.2) is 39.4 Å². The highest BCUT2D eigenvalue weighted by Gasteiger charge is 2.11. The van der Waals surface area contributed by atoms with Gasteiger partial charge in [0.2, 0.25) is 0 Å². The van der Waals surface area contributed by atoms with E-state index in [1.807, 2.05) is 34.9 Å². The maximum Gasteiger partial charge on any atom is 0.272 e. The number of amides is 1. The molecule has 3 rings (SSSR count). The Labute approximate surface area is 116 Å². The van der Waals surface area contributed by atoms with Crippen LogP contribution in [0.2, 0.25) is 0 Å². The average molecular weight is 266 g/mol. The first-order chi connectivity index (χ1) is 9.66. The van der Waals surface area contributed by atoms with Gasteiger partial charge in [0.1, 0.15) is 12.0 Å². The number of aromatic nitrogens is 3. The molecule has 3 aromatic rings. The van der Waals surface area contributed by atoms with E-state index in [1.165, 1.54) is 4.90 Å². The summed E-state index contributed by atoms with van der Waals surface area (Å²) in [4.78, 5) is 22.0. The predicted molar refractivity (Wildman–Crippen MR) is 76.9 cm³/mol. The van der Waals surface area contributed by atoms with E-state index < -0.39 is 0 Å². The Kier molecular flexibility index (Phi) is 2.95. The standard InChI is InChI=1S/C15H14N4O/c1-18(2)15(20)13-9-11(7-8-16-13)19-10-17-12-5-3-4-6-14(12)19/h3-10H,1-2H3.